The highest BCUT2D eigenvalue weighted by molar-refractivity contribution is 5.75. The van der Waals surface area contributed by atoms with E-state index in [0.29, 0.717) is 18.7 Å². The molecule has 0 saturated carbocycles. The van der Waals surface area contributed by atoms with Gasteiger partial charge in [-0.05, 0) is 6.42 Å². The minimum Gasteiger partial charge on any atom is -0.481 e. The van der Waals surface area contributed by atoms with E-state index in [-0.39, 0.29) is 25.4 Å². The number of hydrogen-bond donors (Lipinski definition) is 2. The van der Waals surface area contributed by atoms with Gasteiger partial charge < -0.3 is 15.7 Å². The average molecular weight is 255 g/mol. The van der Waals surface area contributed by atoms with E-state index in [4.69, 9.17) is 10.8 Å². The predicted molar refractivity (Wildman–Crippen MR) is 62.4 cm³/mol. The molecule has 3 N–H and O–H groups in total. The molecule has 0 unspecified atom stereocenters. The number of likely N-dealkylation sites (N-methyl/N-ethyl adjacent to an activating group) is 1. The monoisotopic (exact) mass is 255 g/mol. The van der Waals surface area contributed by atoms with Gasteiger partial charge in [0.1, 0.15) is 6.54 Å². The van der Waals surface area contributed by atoms with Crippen molar-refractivity contribution in [3.8, 4) is 0 Å². The van der Waals surface area contributed by atoms with Crippen molar-refractivity contribution in [3.63, 3.8) is 0 Å². The summed E-state index contributed by atoms with van der Waals surface area (Å²) in [5, 5.41) is 16.0. The van der Waals surface area contributed by atoms with Crippen LogP contribution in [-0.2, 0) is 22.7 Å². The summed E-state index contributed by atoms with van der Waals surface area (Å²) in [5.41, 5.74) is 6.00. The molecule has 8 nitrogen and oxygen atoms in total. The van der Waals surface area contributed by atoms with E-state index >= 15 is 0 Å². The molecule has 0 saturated heterocycles. The lowest BCUT2D eigenvalue weighted by Crippen LogP contribution is -2.31. The molecule has 0 radical (unpaired) electrons. The highest BCUT2D eigenvalue weighted by Crippen LogP contribution is 1.97. The Balaban J connectivity index is 2.37. The first-order valence-electron chi connectivity index (χ1n) is 5.57. The second-order valence-electron chi connectivity index (χ2n) is 3.92. The van der Waals surface area contributed by atoms with E-state index in [2.05, 4.69) is 10.3 Å². The summed E-state index contributed by atoms with van der Waals surface area (Å²) in [6, 6.07) is 0. The maximum Gasteiger partial charge on any atom is 0.303 e. The van der Waals surface area contributed by atoms with Crippen LogP contribution in [0.2, 0.25) is 0 Å². The van der Waals surface area contributed by atoms with Crippen LogP contribution in [0.4, 0.5) is 0 Å². The highest BCUT2D eigenvalue weighted by Gasteiger charge is 2.11. The molecule has 0 aliphatic heterocycles. The quantitative estimate of drug-likeness (QED) is 0.650. The van der Waals surface area contributed by atoms with E-state index in [1.165, 1.54) is 9.58 Å². The molecule has 0 aliphatic carbocycles. The number of carboxylic acid groups (broad SMARTS) is 1. The molecular weight excluding hydrogens is 238 g/mol. The molecule has 0 aromatic carbocycles. The second kappa shape index (κ2) is 6.70. The fourth-order valence-corrected chi connectivity index (χ4v) is 1.36. The van der Waals surface area contributed by atoms with E-state index in [1.54, 1.807) is 13.2 Å². The fourth-order valence-electron chi connectivity index (χ4n) is 1.36. The maximum atomic E-state index is 11.7. The molecule has 0 fully saturated rings. The Morgan fingerprint density at radius 3 is 2.83 bits per heavy atom. The van der Waals surface area contributed by atoms with Gasteiger partial charge in [0.05, 0.1) is 11.9 Å². The van der Waals surface area contributed by atoms with Gasteiger partial charge in [0.2, 0.25) is 5.91 Å². The van der Waals surface area contributed by atoms with Crippen LogP contribution in [0, 0.1) is 0 Å². The SMILES string of the molecule is CN(CCCC(=O)O)C(=O)Cn1cc(CN)nn1. The van der Waals surface area contributed by atoms with Crippen molar-refractivity contribution in [1.82, 2.24) is 19.9 Å². The van der Waals surface area contributed by atoms with Crippen LogP contribution in [0.15, 0.2) is 6.20 Å². The number of amides is 1. The van der Waals surface area contributed by atoms with Crippen LogP contribution >= 0.6 is 0 Å². The standard InChI is InChI=1S/C10H17N5O3/c1-14(4-2-3-10(17)18)9(16)7-15-6-8(5-11)12-13-15/h6H,2-5,7,11H2,1H3,(H,17,18). The molecule has 0 bridgehead atoms. The Labute approximate surface area is 104 Å². The molecule has 0 spiro atoms. The van der Waals surface area contributed by atoms with Gasteiger partial charge in [0, 0.05) is 26.6 Å². The van der Waals surface area contributed by atoms with Crippen LogP contribution < -0.4 is 5.73 Å². The number of aromatic nitrogens is 3. The van der Waals surface area contributed by atoms with Gasteiger partial charge in [-0.3, -0.25) is 9.59 Å². The lowest BCUT2D eigenvalue weighted by Gasteiger charge is -2.16. The number of aliphatic carboxylic acids is 1. The normalized spacial score (nSPS) is 10.3. The van der Waals surface area contributed by atoms with Crippen LogP contribution in [0.1, 0.15) is 18.5 Å². The molecular formula is C10H17N5O3. The zero-order chi connectivity index (χ0) is 13.5. The molecule has 8 heteroatoms. The molecule has 1 aromatic heterocycles. The number of carboxylic acids is 1. The van der Waals surface area contributed by atoms with E-state index in [0.717, 1.165) is 0 Å². The largest absolute Gasteiger partial charge is 0.481 e. The van der Waals surface area contributed by atoms with E-state index in [9.17, 15) is 9.59 Å². The molecule has 1 aromatic rings. The summed E-state index contributed by atoms with van der Waals surface area (Å²) in [6.45, 7) is 0.767. The fraction of sp³-hybridized carbons (Fsp3) is 0.600. The predicted octanol–water partition coefficient (Wildman–Crippen LogP) is -0.940. The molecule has 1 amide bonds. The number of nitrogens with zero attached hydrogens (tertiary/aromatic N) is 4. The molecule has 1 rings (SSSR count). The number of nitrogens with two attached hydrogens (primary N) is 1. The summed E-state index contributed by atoms with van der Waals surface area (Å²) < 4.78 is 1.41. The third-order valence-corrected chi connectivity index (χ3v) is 2.40. The van der Waals surface area contributed by atoms with Gasteiger partial charge in [-0.25, -0.2) is 4.68 Å². The van der Waals surface area contributed by atoms with E-state index in [1.807, 2.05) is 0 Å². The minimum absolute atomic E-state index is 0.0538. The summed E-state index contributed by atoms with van der Waals surface area (Å²) in [7, 11) is 1.63. The van der Waals surface area contributed by atoms with Crippen molar-refractivity contribution in [1.29, 1.82) is 0 Å². The lowest BCUT2D eigenvalue weighted by molar-refractivity contribution is -0.138. The van der Waals surface area contributed by atoms with Crippen molar-refractivity contribution in [2.45, 2.75) is 25.9 Å². The number of hydrogen-bond acceptors (Lipinski definition) is 5. The summed E-state index contributed by atoms with van der Waals surface area (Å²) >= 11 is 0. The molecule has 0 atom stereocenters. The van der Waals surface area contributed by atoms with Gasteiger partial charge in [-0.2, -0.15) is 0 Å². The third-order valence-electron chi connectivity index (χ3n) is 2.40. The summed E-state index contributed by atoms with van der Waals surface area (Å²) in [5.74, 6) is -1.01. The molecule has 18 heavy (non-hydrogen) atoms. The maximum absolute atomic E-state index is 11.7. The van der Waals surface area contributed by atoms with Crippen molar-refractivity contribution in [3.05, 3.63) is 11.9 Å². The lowest BCUT2D eigenvalue weighted by atomic mass is 10.3. The van der Waals surface area contributed by atoms with Gasteiger partial charge in [-0.1, -0.05) is 5.21 Å². The summed E-state index contributed by atoms with van der Waals surface area (Å²) in [6.07, 6.45) is 2.10. The smallest absolute Gasteiger partial charge is 0.303 e. The van der Waals surface area contributed by atoms with Gasteiger partial charge in [0.15, 0.2) is 0 Å². The first-order valence-corrected chi connectivity index (χ1v) is 5.57. The Kier molecular flexibility index (Phi) is 5.25. The zero-order valence-corrected chi connectivity index (χ0v) is 10.2. The Bertz CT molecular complexity index is 417. The van der Waals surface area contributed by atoms with E-state index < -0.39 is 5.97 Å². The Morgan fingerprint density at radius 1 is 1.56 bits per heavy atom. The van der Waals surface area contributed by atoms with Gasteiger partial charge in [0.25, 0.3) is 0 Å². The number of rotatable bonds is 7. The third kappa shape index (κ3) is 4.50. The average Bonchev–Trinajstić information content (AvgIpc) is 2.76. The second-order valence-corrected chi connectivity index (χ2v) is 3.92. The van der Waals surface area contributed by atoms with Crippen LogP contribution in [-0.4, -0.2) is 50.5 Å². The molecule has 0 aliphatic rings. The Morgan fingerprint density at radius 2 is 2.28 bits per heavy atom. The van der Waals surface area contributed by atoms with Crippen molar-refractivity contribution in [2.75, 3.05) is 13.6 Å². The number of carbonyl (C=O) groups is 2. The minimum atomic E-state index is -0.861. The van der Waals surface area contributed by atoms with Gasteiger partial charge in [-0.15, -0.1) is 5.10 Å². The van der Waals surface area contributed by atoms with Crippen LogP contribution in [0.5, 0.6) is 0 Å². The van der Waals surface area contributed by atoms with Crippen molar-refractivity contribution >= 4 is 11.9 Å². The number of carbonyl (C=O) groups excluding carboxylic acids is 1. The summed E-state index contributed by atoms with van der Waals surface area (Å²) in [4.78, 5) is 23.6. The first-order chi connectivity index (χ1) is 8.52. The zero-order valence-electron chi connectivity index (χ0n) is 10.2. The molecule has 100 valence electrons. The topological polar surface area (TPSA) is 114 Å². The Hall–Kier alpha value is -1.96. The van der Waals surface area contributed by atoms with Crippen LogP contribution in [0.3, 0.4) is 0 Å². The van der Waals surface area contributed by atoms with Crippen LogP contribution in [0.25, 0.3) is 0 Å². The first kappa shape index (κ1) is 14.1. The molecule has 1 heterocycles. The van der Waals surface area contributed by atoms with Crippen molar-refractivity contribution < 1.29 is 14.7 Å². The highest BCUT2D eigenvalue weighted by atomic mass is 16.4. The van der Waals surface area contributed by atoms with Gasteiger partial charge >= 0.3 is 5.97 Å². The van der Waals surface area contributed by atoms with Crippen molar-refractivity contribution in [2.24, 2.45) is 5.73 Å².